The first-order valence-corrected chi connectivity index (χ1v) is 13.6. The molecule has 1 nitrogen and oxygen atoms in total. The van der Waals surface area contributed by atoms with Crippen LogP contribution in [0.15, 0.2) is 91.5 Å². The highest BCUT2D eigenvalue weighted by atomic mass is 15.0. The van der Waals surface area contributed by atoms with E-state index in [4.69, 9.17) is 0 Å². The Bertz CT molecular complexity index is 1840. The number of hydrogen-bond acceptors (Lipinski definition) is 0. The largest absolute Gasteiger partial charge is 0.309 e. The molecule has 5 aromatic rings. The van der Waals surface area contributed by atoms with Crippen LogP contribution in [0.1, 0.15) is 68.1 Å². The summed E-state index contributed by atoms with van der Waals surface area (Å²) in [6.07, 6.45) is 6.32. The van der Waals surface area contributed by atoms with Gasteiger partial charge < -0.3 is 4.57 Å². The van der Waals surface area contributed by atoms with E-state index in [1.165, 1.54) is 72.4 Å². The zero-order chi connectivity index (χ0) is 26.4. The molecule has 0 fully saturated rings. The second-order valence-electron chi connectivity index (χ2n) is 11.8. The van der Waals surface area contributed by atoms with Gasteiger partial charge in [0, 0.05) is 27.5 Å². The average molecular weight is 492 g/mol. The molecule has 2 aliphatic carbocycles. The van der Waals surface area contributed by atoms with Gasteiger partial charge in [-0.15, -0.1) is 0 Å². The summed E-state index contributed by atoms with van der Waals surface area (Å²) in [5.74, 6) is 0. The maximum absolute atomic E-state index is 4.17. The Morgan fingerprint density at radius 2 is 1.42 bits per heavy atom. The predicted molar refractivity (Wildman–Crippen MR) is 163 cm³/mol. The molecule has 4 aromatic carbocycles. The fourth-order valence-electron chi connectivity index (χ4n) is 7.34. The molecule has 0 spiro atoms. The normalized spacial score (nSPS) is 15.9. The number of aromatic nitrogens is 1. The van der Waals surface area contributed by atoms with Crippen molar-refractivity contribution < 1.29 is 0 Å². The van der Waals surface area contributed by atoms with E-state index in [0.717, 1.165) is 0 Å². The van der Waals surface area contributed by atoms with Crippen molar-refractivity contribution in [2.75, 3.05) is 0 Å². The van der Waals surface area contributed by atoms with Gasteiger partial charge in [-0.05, 0) is 75.7 Å². The van der Waals surface area contributed by atoms with Crippen LogP contribution in [0.4, 0.5) is 0 Å². The van der Waals surface area contributed by atoms with Gasteiger partial charge in [0.2, 0.25) is 0 Å². The predicted octanol–water partition coefficient (Wildman–Crippen LogP) is 9.92. The molecule has 0 saturated heterocycles. The lowest BCUT2D eigenvalue weighted by atomic mass is 9.77. The number of hydrogen-bond donors (Lipinski definition) is 0. The first kappa shape index (κ1) is 23.0. The van der Waals surface area contributed by atoms with Crippen molar-refractivity contribution in [3.63, 3.8) is 0 Å². The molecule has 0 atom stereocenters. The van der Waals surface area contributed by atoms with Crippen LogP contribution >= 0.6 is 0 Å². The van der Waals surface area contributed by atoms with Gasteiger partial charge in [-0.3, -0.25) is 0 Å². The van der Waals surface area contributed by atoms with E-state index in [2.05, 4.69) is 137 Å². The number of fused-ring (bicyclic) bond motifs is 8. The van der Waals surface area contributed by atoms with Gasteiger partial charge in [0.15, 0.2) is 0 Å². The van der Waals surface area contributed by atoms with Crippen LogP contribution in [0.5, 0.6) is 0 Å². The highest BCUT2D eigenvalue weighted by molar-refractivity contribution is 5.97. The van der Waals surface area contributed by atoms with Gasteiger partial charge in [-0.25, -0.2) is 0 Å². The molecule has 38 heavy (non-hydrogen) atoms. The highest BCUT2D eigenvalue weighted by Gasteiger charge is 2.44. The Balaban J connectivity index is 1.56. The second-order valence-corrected chi connectivity index (χ2v) is 11.8. The smallest absolute Gasteiger partial charge is 0.0541 e. The molecule has 1 aromatic heterocycles. The van der Waals surface area contributed by atoms with Crippen molar-refractivity contribution in [1.29, 1.82) is 0 Å². The number of para-hydroxylation sites is 1. The molecular weight excluding hydrogens is 458 g/mol. The molecule has 1 heteroatoms. The van der Waals surface area contributed by atoms with Crippen LogP contribution in [0.3, 0.4) is 0 Å². The lowest BCUT2D eigenvalue weighted by molar-refractivity contribution is 0.647. The summed E-state index contributed by atoms with van der Waals surface area (Å²) in [5.41, 5.74) is 15.9. The SMILES string of the molecule is C=Cc1c(/C=C\C)n(-c2ccc3c(c2)-c2c(ccc4c2C(C)(C)c2ccccc2-4)C3(C)C)c2ccccc12. The topological polar surface area (TPSA) is 4.93 Å². The summed E-state index contributed by atoms with van der Waals surface area (Å²) < 4.78 is 2.40. The molecule has 186 valence electrons. The van der Waals surface area contributed by atoms with E-state index in [9.17, 15) is 0 Å². The van der Waals surface area contributed by atoms with E-state index < -0.39 is 0 Å². The van der Waals surface area contributed by atoms with Crippen LogP contribution in [0, 0.1) is 0 Å². The van der Waals surface area contributed by atoms with Gasteiger partial charge in [-0.1, -0.05) is 107 Å². The molecule has 0 radical (unpaired) electrons. The van der Waals surface area contributed by atoms with E-state index in [1.807, 2.05) is 6.08 Å². The number of allylic oxidation sites excluding steroid dienone is 1. The Morgan fingerprint density at radius 3 is 2.21 bits per heavy atom. The summed E-state index contributed by atoms with van der Waals surface area (Å²) >= 11 is 0. The number of benzene rings is 4. The summed E-state index contributed by atoms with van der Waals surface area (Å²) in [6.45, 7) is 15.8. The molecule has 2 aliphatic rings. The molecule has 0 amide bonds. The van der Waals surface area contributed by atoms with Crippen LogP contribution in [0.25, 0.3) is 51.0 Å². The second kappa shape index (κ2) is 7.71. The Labute approximate surface area is 225 Å². The zero-order valence-corrected chi connectivity index (χ0v) is 22.9. The first-order chi connectivity index (χ1) is 18.3. The fraction of sp³-hybridized carbons (Fsp3) is 0.189. The molecule has 0 aliphatic heterocycles. The summed E-state index contributed by atoms with van der Waals surface area (Å²) in [5, 5.41) is 1.23. The quantitative estimate of drug-likeness (QED) is 0.237. The maximum Gasteiger partial charge on any atom is 0.0541 e. The van der Waals surface area contributed by atoms with Gasteiger partial charge in [0.1, 0.15) is 0 Å². The fourth-order valence-corrected chi connectivity index (χ4v) is 7.34. The third-order valence-corrected chi connectivity index (χ3v) is 9.08. The van der Waals surface area contributed by atoms with Crippen LogP contribution in [-0.2, 0) is 10.8 Å². The Hall–Kier alpha value is -4.10. The molecule has 1 heterocycles. The van der Waals surface area contributed by atoms with E-state index in [-0.39, 0.29) is 10.8 Å². The zero-order valence-electron chi connectivity index (χ0n) is 22.9. The Morgan fingerprint density at radius 1 is 0.711 bits per heavy atom. The van der Waals surface area contributed by atoms with Crippen molar-refractivity contribution in [1.82, 2.24) is 4.57 Å². The molecular formula is C37H33N. The average Bonchev–Trinajstić information content (AvgIpc) is 3.45. The summed E-state index contributed by atoms with van der Waals surface area (Å²) in [4.78, 5) is 0. The minimum atomic E-state index is -0.0583. The van der Waals surface area contributed by atoms with Crippen molar-refractivity contribution in [3.05, 3.63) is 125 Å². The maximum atomic E-state index is 4.17. The lowest BCUT2D eigenvalue weighted by Crippen LogP contribution is -2.18. The monoisotopic (exact) mass is 491 g/mol. The third kappa shape index (κ3) is 2.77. The standard InChI is InChI=1S/C37H33N/c1-7-13-32-24(8-2)26-15-10-12-17-33(26)38(32)23-18-20-30-28(22-23)34-31(36(30,3)4)21-19-27-25-14-9-11-16-29(25)37(5,6)35(27)34/h7-22H,2H2,1,3-6H3/b13-7-. The van der Waals surface area contributed by atoms with Crippen molar-refractivity contribution >= 4 is 23.1 Å². The summed E-state index contributed by atoms with van der Waals surface area (Å²) in [6, 6.07) is 29.5. The van der Waals surface area contributed by atoms with Crippen LogP contribution in [0.2, 0.25) is 0 Å². The molecule has 7 rings (SSSR count). The van der Waals surface area contributed by atoms with Gasteiger partial charge in [-0.2, -0.15) is 0 Å². The van der Waals surface area contributed by atoms with Gasteiger partial charge >= 0.3 is 0 Å². The minimum Gasteiger partial charge on any atom is -0.309 e. The van der Waals surface area contributed by atoms with Crippen LogP contribution in [-0.4, -0.2) is 4.57 Å². The molecule has 0 unspecified atom stereocenters. The first-order valence-electron chi connectivity index (χ1n) is 13.6. The third-order valence-electron chi connectivity index (χ3n) is 9.08. The molecule has 0 N–H and O–H groups in total. The minimum absolute atomic E-state index is 0.0553. The van der Waals surface area contributed by atoms with Crippen molar-refractivity contribution in [2.24, 2.45) is 0 Å². The van der Waals surface area contributed by atoms with E-state index in [1.54, 1.807) is 0 Å². The van der Waals surface area contributed by atoms with Gasteiger partial charge in [0.25, 0.3) is 0 Å². The molecule has 0 bridgehead atoms. The lowest BCUT2D eigenvalue weighted by Gasteiger charge is -2.26. The van der Waals surface area contributed by atoms with Gasteiger partial charge in [0.05, 0.1) is 11.2 Å². The Kier molecular flexibility index (Phi) is 4.68. The molecule has 0 saturated carbocycles. The van der Waals surface area contributed by atoms with E-state index in [0.29, 0.717) is 0 Å². The number of nitrogens with zero attached hydrogens (tertiary/aromatic N) is 1. The number of rotatable bonds is 3. The van der Waals surface area contributed by atoms with E-state index >= 15 is 0 Å². The van der Waals surface area contributed by atoms with Crippen molar-refractivity contribution in [3.8, 4) is 27.9 Å². The highest BCUT2D eigenvalue weighted by Crippen LogP contribution is 2.59. The van der Waals surface area contributed by atoms with Crippen LogP contribution < -0.4 is 0 Å². The van der Waals surface area contributed by atoms with Crippen molar-refractivity contribution in [2.45, 2.75) is 45.4 Å². The summed E-state index contributed by atoms with van der Waals surface area (Å²) in [7, 11) is 0.